The van der Waals surface area contributed by atoms with E-state index in [0.717, 1.165) is 5.69 Å². The molecule has 1 amide bonds. The molecule has 86 valence electrons. The van der Waals surface area contributed by atoms with Gasteiger partial charge in [0, 0.05) is 5.69 Å². The maximum Gasteiger partial charge on any atom is 0.253 e. The van der Waals surface area contributed by atoms with Crippen LogP contribution in [0.2, 0.25) is 0 Å². The fourth-order valence-electron chi connectivity index (χ4n) is 1.66. The number of carbonyl (C=O) groups is 1. The predicted octanol–water partition coefficient (Wildman–Crippen LogP) is 1.96. The van der Waals surface area contributed by atoms with Crippen molar-refractivity contribution in [3.05, 3.63) is 24.3 Å². The molecule has 1 atom stereocenters. The van der Waals surface area contributed by atoms with E-state index < -0.39 is 0 Å². The molecule has 1 heterocycles. The molecular formula is C12H16N2O2. The van der Waals surface area contributed by atoms with Gasteiger partial charge in [0.05, 0.1) is 18.2 Å². The Bertz CT molecular complexity index is 387. The van der Waals surface area contributed by atoms with Crippen molar-refractivity contribution in [2.45, 2.75) is 26.4 Å². The van der Waals surface area contributed by atoms with Crippen LogP contribution in [-0.4, -0.2) is 12.0 Å². The van der Waals surface area contributed by atoms with Gasteiger partial charge in [-0.3, -0.25) is 9.63 Å². The number of benzene rings is 1. The van der Waals surface area contributed by atoms with Gasteiger partial charge in [-0.1, -0.05) is 13.8 Å². The minimum atomic E-state index is -0.0231. The number of rotatable bonds is 2. The van der Waals surface area contributed by atoms with E-state index in [1.165, 1.54) is 5.06 Å². The van der Waals surface area contributed by atoms with Crippen LogP contribution in [0.4, 0.5) is 11.4 Å². The van der Waals surface area contributed by atoms with Crippen molar-refractivity contribution in [2.75, 3.05) is 10.8 Å². The Kier molecular flexibility index (Phi) is 2.83. The van der Waals surface area contributed by atoms with Crippen LogP contribution in [0.5, 0.6) is 0 Å². The van der Waals surface area contributed by atoms with Gasteiger partial charge in [-0.15, -0.1) is 0 Å². The van der Waals surface area contributed by atoms with E-state index in [4.69, 9.17) is 10.6 Å². The highest BCUT2D eigenvalue weighted by molar-refractivity contribution is 5.93. The highest BCUT2D eigenvalue weighted by atomic mass is 16.7. The Morgan fingerprint density at radius 2 is 2.00 bits per heavy atom. The standard InChI is InChI=1S/C12H16N2O2/c1-8(2)11-7-12(15)14(16-11)10-5-3-9(13)4-6-10/h3-6,8,11H,7,13H2,1-2H3. The molecule has 0 saturated carbocycles. The number of nitrogen functional groups attached to an aromatic ring is 1. The van der Waals surface area contributed by atoms with Crippen LogP contribution in [0.3, 0.4) is 0 Å². The minimum absolute atomic E-state index is 0.00321. The highest BCUT2D eigenvalue weighted by Crippen LogP contribution is 2.27. The quantitative estimate of drug-likeness (QED) is 0.775. The molecule has 0 spiro atoms. The fourth-order valence-corrected chi connectivity index (χ4v) is 1.66. The number of nitrogens with zero attached hydrogens (tertiary/aromatic N) is 1. The zero-order valence-corrected chi connectivity index (χ0v) is 9.51. The highest BCUT2D eigenvalue weighted by Gasteiger charge is 2.33. The summed E-state index contributed by atoms with van der Waals surface area (Å²) in [5, 5.41) is 1.37. The number of hydrogen-bond donors (Lipinski definition) is 1. The normalized spacial score (nSPS) is 20.8. The summed E-state index contributed by atoms with van der Waals surface area (Å²) < 4.78 is 0. The molecule has 0 bridgehead atoms. The number of amides is 1. The van der Waals surface area contributed by atoms with E-state index in [0.29, 0.717) is 18.0 Å². The second kappa shape index (κ2) is 4.14. The van der Waals surface area contributed by atoms with E-state index in [-0.39, 0.29) is 12.0 Å². The van der Waals surface area contributed by atoms with Gasteiger partial charge in [-0.2, -0.15) is 5.06 Å². The monoisotopic (exact) mass is 220 g/mol. The summed E-state index contributed by atoms with van der Waals surface area (Å²) in [7, 11) is 0. The molecule has 4 heteroatoms. The van der Waals surface area contributed by atoms with Crippen molar-refractivity contribution < 1.29 is 9.63 Å². The summed E-state index contributed by atoms with van der Waals surface area (Å²) in [6.45, 7) is 4.09. The Balaban J connectivity index is 2.16. The fraction of sp³-hybridized carbons (Fsp3) is 0.417. The van der Waals surface area contributed by atoms with Gasteiger partial charge in [0.15, 0.2) is 0 Å². The molecule has 0 radical (unpaired) electrons. The third kappa shape index (κ3) is 2.02. The van der Waals surface area contributed by atoms with Crippen molar-refractivity contribution in [2.24, 2.45) is 5.92 Å². The van der Waals surface area contributed by atoms with Crippen molar-refractivity contribution >= 4 is 17.3 Å². The zero-order valence-electron chi connectivity index (χ0n) is 9.51. The summed E-state index contributed by atoms with van der Waals surface area (Å²) in [6.07, 6.45) is 0.423. The van der Waals surface area contributed by atoms with Gasteiger partial charge in [0.25, 0.3) is 5.91 Å². The van der Waals surface area contributed by atoms with Crippen LogP contribution >= 0.6 is 0 Å². The molecule has 2 N–H and O–H groups in total. The summed E-state index contributed by atoms with van der Waals surface area (Å²) >= 11 is 0. The molecule has 2 rings (SSSR count). The number of anilines is 2. The van der Waals surface area contributed by atoms with Crippen molar-refractivity contribution in [3.63, 3.8) is 0 Å². The molecule has 1 saturated heterocycles. The smallest absolute Gasteiger partial charge is 0.253 e. The van der Waals surface area contributed by atoms with Crippen LogP contribution in [0, 0.1) is 5.92 Å². The molecule has 4 nitrogen and oxygen atoms in total. The third-order valence-corrected chi connectivity index (χ3v) is 2.71. The zero-order chi connectivity index (χ0) is 11.7. The molecule has 0 aromatic heterocycles. The van der Waals surface area contributed by atoms with Gasteiger partial charge in [0.2, 0.25) is 0 Å². The molecule has 1 aromatic carbocycles. The first kappa shape index (κ1) is 11.0. The summed E-state index contributed by atoms with van der Waals surface area (Å²) in [4.78, 5) is 17.3. The van der Waals surface area contributed by atoms with Gasteiger partial charge >= 0.3 is 0 Å². The van der Waals surface area contributed by atoms with E-state index in [9.17, 15) is 4.79 Å². The molecular weight excluding hydrogens is 204 g/mol. The number of carbonyl (C=O) groups excluding carboxylic acids is 1. The maximum absolute atomic E-state index is 11.7. The lowest BCUT2D eigenvalue weighted by Gasteiger charge is -2.18. The van der Waals surface area contributed by atoms with E-state index in [1.807, 2.05) is 13.8 Å². The third-order valence-electron chi connectivity index (χ3n) is 2.71. The van der Waals surface area contributed by atoms with E-state index in [2.05, 4.69) is 0 Å². The van der Waals surface area contributed by atoms with Crippen LogP contribution in [0.25, 0.3) is 0 Å². The second-order valence-corrected chi connectivity index (χ2v) is 4.37. The topological polar surface area (TPSA) is 55.6 Å². The van der Waals surface area contributed by atoms with Gasteiger partial charge < -0.3 is 5.73 Å². The SMILES string of the molecule is CC(C)C1CC(=O)N(c2ccc(N)cc2)O1. The average Bonchev–Trinajstić information content (AvgIpc) is 2.62. The van der Waals surface area contributed by atoms with Gasteiger partial charge in [0.1, 0.15) is 0 Å². The molecule has 1 aliphatic rings. The number of hydroxylamine groups is 1. The number of hydrogen-bond acceptors (Lipinski definition) is 3. The van der Waals surface area contributed by atoms with Crippen LogP contribution in [0.1, 0.15) is 20.3 Å². The second-order valence-electron chi connectivity index (χ2n) is 4.37. The Morgan fingerprint density at radius 3 is 2.50 bits per heavy atom. The first-order chi connectivity index (χ1) is 7.58. The molecule has 0 aliphatic carbocycles. The predicted molar refractivity (Wildman–Crippen MR) is 62.7 cm³/mol. The van der Waals surface area contributed by atoms with Crippen molar-refractivity contribution in [3.8, 4) is 0 Å². The lowest BCUT2D eigenvalue weighted by Crippen LogP contribution is -2.23. The average molecular weight is 220 g/mol. The van der Waals surface area contributed by atoms with Crippen molar-refractivity contribution in [1.29, 1.82) is 0 Å². The molecule has 1 fully saturated rings. The molecule has 1 unspecified atom stereocenters. The van der Waals surface area contributed by atoms with E-state index in [1.54, 1.807) is 24.3 Å². The van der Waals surface area contributed by atoms with Gasteiger partial charge in [-0.05, 0) is 30.2 Å². The lowest BCUT2D eigenvalue weighted by atomic mass is 10.1. The van der Waals surface area contributed by atoms with Crippen LogP contribution in [-0.2, 0) is 9.63 Å². The number of nitrogens with two attached hydrogens (primary N) is 1. The van der Waals surface area contributed by atoms with Gasteiger partial charge in [-0.25, -0.2) is 0 Å². The molecule has 1 aliphatic heterocycles. The van der Waals surface area contributed by atoms with E-state index >= 15 is 0 Å². The summed E-state index contributed by atoms with van der Waals surface area (Å²) in [6, 6.07) is 7.09. The summed E-state index contributed by atoms with van der Waals surface area (Å²) in [5.41, 5.74) is 7.01. The largest absolute Gasteiger partial charge is 0.399 e. The first-order valence-corrected chi connectivity index (χ1v) is 5.43. The molecule has 1 aromatic rings. The van der Waals surface area contributed by atoms with Crippen LogP contribution in [0.15, 0.2) is 24.3 Å². The molecule has 16 heavy (non-hydrogen) atoms. The van der Waals surface area contributed by atoms with Crippen molar-refractivity contribution in [1.82, 2.24) is 0 Å². The Hall–Kier alpha value is -1.55. The summed E-state index contributed by atoms with van der Waals surface area (Å²) in [5.74, 6) is 0.339. The minimum Gasteiger partial charge on any atom is -0.399 e. The van der Waals surface area contributed by atoms with Crippen LogP contribution < -0.4 is 10.8 Å². The maximum atomic E-state index is 11.7. The Labute approximate surface area is 94.9 Å². The Morgan fingerprint density at radius 1 is 1.38 bits per heavy atom. The lowest BCUT2D eigenvalue weighted by molar-refractivity contribution is -0.119. The first-order valence-electron chi connectivity index (χ1n) is 5.43.